The Bertz CT molecular complexity index is 1040. The number of fused-ring (bicyclic) bond motifs is 1. The van der Waals surface area contributed by atoms with Crippen molar-refractivity contribution in [2.24, 2.45) is 0 Å². The second-order valence-electron chi connectivity index (χ2n) is 6.87. The second-order valence-corrected chi connectivity index (χ2v) is 6.87. The van der Waals surface area contributed by atoms with Gasteiger partial charge >= 0.3 is 0 Å². The van der Waals surface area contributed by atoms with E-state index >= 15 is 0 Å². The maximum absolute atomic E-state index is 12.6. The van der Waals surface area contributed by atoms with Gasteiger partial charge in [-0.05, 0) is 31.0 Å². The number of carbonyl (C=O) groups excluding carboxylic acids is 1. The van der Waals surface area contributed by atoms with Crippen LogP contribution in [0.5, 0.6) is 0 Å². The highest BCUT2D eigenvalue weighted by atomic mass is 16.4. The summed E-state index contributed by atoms with van der Waals surface area (Å²) < 4.78 is 7.08. The van der Waals surface area contributed by atoms with Crippen LogP contribution >= 0.6 is 0 Å². The molecule has 0 saturated heterocycles. The molecule has 0 N–H and O–H groups in total. The number of oxazole rings is 1. The summed E-state index contributed by atoms with van der Waals surface area (Å²) in [6.45, 7) is 2.66. The molecule has 0 spiro atoms. The number of hydrogen-bond donors (Lipinski definition) is 0. The van der Waals surface area contributed by atoms with E-state index < -0.39 is 0 Å². The number of aryl methyl sites for hydroxylation is 3. The summed E-state index contributed by atoms with van der Waals surface area (Å²) in [5.74, 6) is 1.38. The Morgan fingerprint density at radius 1 is 1.25 bits per heavy atom. The van der Waals surface area contributed by atoms with Crippen molar-refractivity contribution in [3.8, 4) is 0 Å². The molecule has 4 rings (SSSR count). The van der Waals surface area contributed by atoms with Gasteiger partial charge in [-0.25, -0.2) is 9.67 Å². The van der Waals surface area contributed by atoms with Gasteiger partial charge in [0.05, 0.1) is 12.2 Å². The van der Waals surface area contributed by atoms with Crippen LogP contribution in [0, 0.1) is 6.92 Å². The topological polar surface area (TPSA) is 94.1 Å². The van der Waals surface area contributed by atoms with Crippen molar-refractivity contribution in [2.75, 3.05) is 6.54 Å². The molecule has 144 valence electrons. The fourth-order valence-corrected chi connectivity index (χ4v) is 3.26. The highest BCUT2D eigenvalue weighted by Gasteiger charge is 2.25. The summed E-state index contributed by atoms with van der Waals surface area (Å²) in [5.41, 5.74) is 2.34. The zero-order valence-electron chi connectivity index (χ0n) is 15.7. The summed E-state index contributed by atoms with van der Waals surface area (Å²) in [6, 6.07) is 7.00. The van der Waals surface area contributed by atoms with E-state index in [0.717, 1.165) is 23.4 Å². The Labute approximate surface area is 161 Å². The van der Waals surface area contributed by atoms with Crippen molar-refractivity contribution < 1.29 is 9.21 Å². The average molecular weight is 379 g/mol. The van der Waals surface area contributed by atoms with E-state index in [1.54, 1.807) is 24.1 Å². The summed E-state index contributed by atoms with van der Waals surface area (Å²) in [5, 5.41) is 4.13. The Morgan fingerprint density at radius 3 is 2.96 bits per heavy atom. The zero-order valence-corrected chi connectivity index (χ0v) is 15.7. The third-order valence-electron chi connectivity index (χ3n) is 4.76. The molecule has 0 saturated carbocycles. The molecule has 4 heterocycles. The van der Waals surface area contributed by atoms with Gasteiger partial charge < -0.3 is 9.32 Å². The lowest BCUT2D eigenvalue weighted by molar-refractivity contribution is -0.133. The van der Waals surface area contributed by atoms with Crippen LogP contribution in [0.25, 0.3) is 0 Å². The largest absolute Gasteiger partial charge is 0.445 e. The number of aromatic nitrogens is 4. The fourth-order valence-electron chi connectivity index (χ4n) is 3.26. The van der Waals surface area contributed by atoms with Gasteiger partial charge in [-0.2, -0.15) is 5.10 Å². The lowest BCUT2D eigenvalue weighted by Gasteiger charge is -2.25. The van der Waals surface area contributed by atoms with Crippen molar-refractivity contribution in [2.45, 2.75) is 39.3 Å². The van der Waals surface area contributed by atoms with E-state index in [4.69, 9.17) is 4.42 Å². The third-order valence-corrected chi connectivity index (χ3v) is 4.76. The maximum atomic E-state index is 12.6. The standard InChI is InChI=1S/C20H21N5O3/c1-14-4-7-19(26)25(23-14)13-20(27)24-10-8-17-16(12-24)22-18(28-17)6-5-15-3-2-9-21-11-15/h2-4,7,9,11H,5-6,8,10,12-13H2,1H3. The van der Waals surface area contributed by atoms with E-state index in [1.165, 1.54) is 10.7 Å². The molecule has 8 heteroatoms. The summed E-state index contributed by atoms with van der Waals surface area (Å²) in [7, 11) is 0. The maximum Gasteiger partial charge on any atom is 0.267 e. The lowest BCUT2D eigenvalue weighted by atomic mass is 10.1. The first-order valence-corrected chi connectivity index (χ1v) is 9.27. The molecular formula is C20H21N5O3. The number of carbonyl (C=O) groups is 1. The van der Waals surface area contributed by atoms with E-state index in [9.17, 15) is 9.59 Å². The molecule has 3 aromatic rings. The van der Waals surface area contributed by atoms with Crippen molar-refractivity contribution in [1.29, 1.82) is 0 Å². The predicted octanol–water partition coefficient (Wildman–Crippen LogP) is 1.30. The van der Waals surface area contributed by atoms with Gasteiger partial charge in [-0.1, -0.05) is 6.07 Å². The first kappa shape index (κ1) is 18.1. The molecule has 0 bridgehead atoms. The normalized spacial score (nSPS) is 13.4. The number of rotatable bonds is 5. The van der Waals surface area contributed by atoms with Gasteiger partial charge in [0.15, 0.2) is 5.89 Å². The molecule has 1 aliphatic rings. The van der Waals surface area contributed by atoms with E-state index in [1.807, 2.05) is 18.3 Å². The molecule has 1 aliphatic heterocycles. The Hall–Kier alpha value is -3.29. The van der Waals surface area contributed by atoms with Crippen LogP contribution < -0.4 is 5.56 Å². The number of hydrogen-bond acceptors (Lipinski definition) is 6. The lowest BCUT2D eigenvalue weighted by Crippen LogP contribution is -2.40. The first-order valence-electron chi connectivity index (χ1n) is 9.27. The molecule has 1 amide bonds. The molecule has 0 unspecified atom stereocenters. The Balaban J connectivity index is 1.40. The molecule has 0 radical (unpaired) electrons. The van der Waals surface area contributed by atoms with Gasteiger partial charge in [0.1, 0.15) is 18.0 Å². The zero-order chi connectivity index (χ0) is 19.5. The quantitative estimate of drug-likeness (QED) is 0.663. The molecule has 8 nitrogen and oxygen atoms in total. The number of pyridine rings is 1. The SMILES string of the molecule is Cc1ccc(=O)n(CC(=O)N2CCc3oc(CCc4cccnc4)nc3C2)n1. The molecular weight excluding hydrogens is 358 g/mol. The highest BCUT2D eigenvalue weighted by Crippen LogP contribution is 2.21. The van der Waals surface area contributed by atoms with Crippen LogP contribution in [-0.4, -0.2) is 37.1 Å². The Morgan fingerprint density at radius 2 is 2.14 bits per heavy atom. The van der Waals surface area contributed by atoms with Crippen LogP contribution in [0.3, 0.4) is 0 Å². The third kappa shape index (κ3) is 4.00. The van der Waals surface area contributed by atoms with E-state index in [0.29, 0.717) is 37.5 Å². The Kier molecular flexibility index (Phi) is 5.01. The second kappa shape index (κ2) is 7.75. The van der Waals surface area contributed by atoms with Gasteiger partial charge in [0.2, 0.25) is 5.91 Å². The molecule has 0 aliphatic carbocycles. The van der Waals surface area contributed by atoms with Gasteiger partial charge in [0, 0.05) is 37.8 Å². The van der Waals surface area contributed by atoms with Gasteiger partial charge in [-0.15, -0.1) is 0 Å². The van der Waals surface area contributed by atoms with Crippen molar-refractivity contribution in [3.05, 3.63) is 75.6 Å². The first-order chi connectivity index (χ1) is 13.6. The summed E-state index contributed by atoms with van der Waals surface area (Å²) in [4.78, 5) is 34.9. The minimum Gasteiger partial charge on any atom is -0.445 e. The minimum absolute atomic E-state index is 0.0679. The molecule has 28 heavy (non-hydrogen) atoms. The van der Waals surface area contributed by atoms with Crippen molar-refractivity contribution in [3.63, 3.8) is 0 Å². The van der Waals surface area contributed by atoms with Crippen LogP contribution in [-0.2, 0) is 37.1 Å². The predicted molar refractivity (Wildman–Crippen MR) is 101 cm³/mol. The van der Waals surface area contributed by atoms with Gasteiger partial charge in [-0.3, -0.25) is 14.6 Å². The van der Waals surface area contributed by atoms with Crippen LogP contribution in [0.1, 0.15) is 28.6 Å². The van der Waals surface area contributed by atoms with Crippen molar-refractivity contribution in [1.82, 2.24) is 24.6 Å². The molecule has 0 aromatic carbocycles. The van der Waals surface area contributed by atoms with E-state index in [-0.39, 0.29) is 18.0 Å². The molecule has 3 aromatic heterocycles. The minimum atomic E-state index is -0.282. The van der Waals surface area contributed by atoms with Crippen LogP contribution in [0.2, 0.25) is 0 Å². The van der Waals surface area contributed by atoms with Crippen molar-refractivity contribution >= 4 is 5.91 Å². The van der Waals surface area contributed by atoms with E-state index in [2.05, 4.69) is 15.1 Å². The highest BCUT2D eigenvalue weighted by molar-refractivity contribution is 5.76. The average Bonchev–Trinajstić information content (AvgIpc) is 3.12. The number of nitrogens with zero attached hydrogens (tertiary/aromatic N) is 5. The van der Waals surface area contributed by atoms with Crippen LogP contribution in [0.4, 0.5) is 0 Å². The fraction of sp³-hybridized carbons (Fsp3) is 0.350. The summed E-state index contributed by atoms with van der Waals surface area (Å²) in [6.07, 6.45) is 5.70. The summed E-state index contributed by atoms with van der Waals surface area (Å²) >= 11 is 0. The van der Waals surface area contributed by atoms with Gasteiger partial charge in [0.25, 0.3) is 5.56 Å². The monoisotopic (exact) mass is 379 g/mol. The molecule has 0 atom stereocenters. The smallest absolute Gasteiger partial charge is 0.267 e. The van der Waals surface area contributed by atoms with Crippen LogP contribution in [0.15, 0.2) is 45.9 Å². The molecule has 0 fully saturated rings. The number of amides is 1.